The van der Waals surface area contributed by atoms with Gasteiger partial charge in [0.2, 0.25) is 0 Å². The minimum absolute atomic E-state index is 0.0355. The van der Waals surface area contributed by atoms with Crippen LogP contribution in [0.5, 0.6) is 11.5 Å². The molecule has 23 heavy (non-hydrogen) atoms. The third kappa shape index (κ3) is 3.85. The minimum Gasteiger partial charge on any atom is -0.508 e. The summed E-state index contributed by atoms with van der Waals surface area (Å²) in [6.45, 7) is 3.12. The van der Waals surface area contributed by atoms with Gasteiger partial charge in [-0.3, -0.25) is 9.98 Å². The second kappa shape index (κ2) is 7.21. The molecule has 2 rings (SSSR count). The highest BCUT2D eigenvalue weighted by atomic mass is 16.3. The van der Waals surface area contributed by atoms with Crippen molar-refractivity contribution in [3.63, 3.8) is 0 Å². The van der Waals surface area contributed by atoms with E-state index in [9.17, 15) is 20.4 Å². The molecule has 0 amide bonds. The van der Waals surface area contributed by atoms with E-state index >= 15 is 0 Å². The maximum Gasteiger partial charge on any atom is 0.145 e. The molecule has 4 N–H and O–H groups in total. The van der Waals surface area contributed by atoms with Gasteiger partial charge < -0.3 is 20.4 Å². The van der Waals surface area contributed by atoms with Crippen molar-refractivity contribution in [2.45, 2.75) is 32.6 Å². The number of benzene rings is 1. The summed E-state index contributed by atoms with van der Waals surface area (Å²) in [6, 6.07) is 5.77. The van der Waals surface area contributed by atoms with Crippen molar-refractivity contribution in [1.82, 2.24) is 4.98 Å². The lowest BCUT2D eigenvalue weighted by Gasteiger charge is -2.16. The van der Waals surface area contributed by atoms with Crippen molar-refractivity contribution in [1.29, 1.82) is 0 Å². The molecule has 1 aromatic carbocycles. The summed E-state index contributed by atoms with van der Waals surface area (Å²) in [4.78, 5) is 8.25. The summed E-state index contributed by atoms with van der Waals surface area (Å²) in [5, 5.41) is 38.9. The van der Waals surface area contributed by atoms with Gasteiger partial charge in [0.05, 0.1) is 18.3 Å². The SMILES string of the molecule is Cc1ncc(CO)c(C=N[C@H](C)[C@H](O)c2ccc(O)cc2)c1O. The van der Waals surface area contributed by atoms with Crippen molar-refractivity contribution in [2.75, 3.05) is 0 Å². The number of aryl methyl sites for hydroxylation is 1. The molecular formula is C17H20N2O4. The number of nitrogens with zero attached hydrogens (tertiary/aromatic N) is 2. The second-order valence-electron chi connectivity index (χ2n) is 5.34. The molecule has 0 aliphatic rings. The van der Waals surface area contributed by atoms with Crippen molar-refractivity contribution >= 4 is 6.21 Å². The van der Waals surface area contributed by atoms with E-state index in [2.05, 4.69) is 9.98 Å². The molecule has 0 saturated heterocycles. The Kier molecular flexibility index (Phi) is 5.31. The highest BCUT2D eigenvalue weighted by molar-refractivity contribution is 5.85. The fourth-order valence-electron chi connectivity index (χ4n) is 2.15. The number of rotatable bonds is 5. The number of aliphatic hydroxyl groups excluding tert-OH is 2. The molecule has 0 saturated carbocycles. The summed E-state index contributed by atoms with van der Waals surface area (Å²) in [5.41, 5.74) is 1.92. The Morgan fingerprint density at radius 2 is 1.87 bits per heavy atom. The first-order valence-corrected chi connectivity index (χ1v) is 7.22. The van der Waals surface area contributed by atoms with E-state index in [1.807, 2.05) is 0 Å². The second-order valence-corrected chi connectivity index (χ2v) is 5.34. The number of aromatic nitrogens is 1. The topological polar surface area (TPSA) is 106 Å². The highest BCUT2D eigenvalue weighted by Gasteiger charge is 2.16. The predicted octanol–water partition coefficient (Wildman–Crippen LogP) is 1.83. The van der Waals surface area contributed by atoms with Crippen LogP contribution < -0.4 is 0 Å². The number of aliphatic hydroxyl groups is 2. The van der Waals surface area contributed by atoms with Crippen LogP contribution in [0, 0.1) is 6.92 Å². The summed E-state index contributed by atoms with van der Waals surface area (Å²) >= 11 is 0. The Labute approximate surface area is 134 Å². The molecule has 1 aromatic heterocycles. The Bertz CT molecular complexity index is 698. The van der Waals surface area contributed by atoms with Gasteiger partial charge in [-0.05, 0) is 31.5 Å². The molecular weight excluding hydrogens is 296 g/mol. The normalized spacial score (nSPS) is 14.1. The van der Waals surface area contributed by atoms with Crippen LogP contribution in [0.15, 0.2) is 35.5 Å². The number of aliphatic imine (C=N–C) groups is 1. The number of pyridine rings is 1. The summed E-state index contributed by atoms with van der Waals surface area (Å²) in [7, 11) is 0. The van der Waals surface area contributed by atoms with E-state index in [0.29, 0.717) is 22.4 Å². The standard InChI is InChI=1S/C17H20N2O4/c1-10(16(22)12-3-5-14(21)6-4-12)19-8-15-13(9-20)7-18-11(2)17(15)23/h3-8,10,16,20-23H,9H2,1-2H3/t10-,16+/m1/s1. The predicted molar refractivity (Wildman–Crippen MR) is 86.7 cm³/mol. The Balaban J connectivity index is 2.22. The number of phenols is 1. The number of hydrogen-bond acceptors (Lipinski definition) is 6. The van der Waals surface area contributed by atoms with Crippen LogP contribution >= 0.6 is 0 Å². The van der Waals surface area contributed by atoms with Crippen molar-refractivity contribution < 1.29 is 20.4 Å². The van der Waals surface area contributed by atoms with Gasteiger partial charge in [-0.25, -0.2) is 0 Å². The first-order chi connectivity index (χ1) is 10.9. The average molecular weight is 316 g/mol. The van der Waals surface area contributed by atoms with Gasteiger partial charge in [0.15, 0.2) is 0 Å². The zero-order valence-electron chi connectivity index (χ0n) is 13.0. The maximum atomic E-state index is 10.3. The molecule has 0 bridgehead atoms. The molecule has 0 unspecified atom stereocenters. The number of hydrogen-bond donors (Lipinski definition) is 4. The fourth-order valence-corrected chi connectivity index (χ4v) is 2.15. The third-order valence-electron chi connectivity index (χ3n) is 3.66. The third-order valence-corrected chi connectivity index (χ3v) is 3.66. The molecule has 6 nitrogen and oxygen atoms in total. The van der Waals surface area contributed by atoms with Gasteiger partial charge in [0, 0.05) is 23.5 Å². The molecule has 122 valence electrons. The Morgan fingerprint density at radius 1 is 1.22 bits per heavy atom. The van der Waals surface area contributed by atoms with E-state index in [0.717, 1.165) is 0 Å². The Hall–Kier alpha value is -2.44. The molecule has 1 heterocycles. The van der Waals surface area contributed by atoms with Gasteiger partial charge in [0.25, 0.3) is 0 Å². The van der Waals surface area contributed by atoms with E-state index in [4.69, 9.17) is 0 Å². The fraction of sp³-hybridized carbons (Fsp3) is 0.294. The van der Waals surface area contributed by atoms with Gasteiger partial charge in [0.1, 0.15) is 17.6 Å². The smallest absolute Gasteiger partial charge is 0.145 e. The van der Waals surface area contributed by atoms with E-state index in [1.165, 1.54) is 24.5 Å². The molecule has 0 fully saturated rings. The van der Waals surface area contributed by atoms with Gasteiger partial charge >= 0.3 is 0 Å². The minimum atomic E-state index is -0.852. The molecule has 0 aliphatic carbocycles. The summed E-state index contributed by atoms with van der Waals surface area (Å²) in [6.07, 6.45) is 2.07. The highest BCUT2D eigenvalue weighted by Crippen LogP contribution is 2.24. The average Bonchev–Trinajstić information content (AvgIpc) is 2.56. The van der Waals surface area contributed by atoms with E-state index in [1.54, 1.807) is 26.0 Å². The van der Waals surface area contributed by atoms with Crippen molar-refractivity contribution in [3.05, 3.63) is 52.8 Å². The van der Waals surface area contributed by atoms with Crippen molar-refractivity contribution in [3.8, 4) is 11.5 Å². The molecule has 0 radical (unpaired) electrons. The van der Waals surface area contributed by atoms with E-state index < -0.39 is 12.1 Å². The van der Waals surface area contributed by atoms with Crippen LogP contribution in [0.25, 0.3) is 0 Å². The van der Waals surface area contributed by atoms with Crippen LogP contribution in [0.3, 0.4) is 0 Å². The number of aromatic hydroxyl groups is 2. The first-order valence-electron chi connectivity index (χ1n) is 7.22. The monoisotopic (exact) mass is 316 g/mol. The van der Waals surface area contributed by atoms with E-state index in [-0.39, 0.29) is 18.1 Å². The molecule has 2 atom stereocenters. The van der Waals surface area contributed by atoms with Gasteiger partial charge in [-0.2, -0.15) is 0 Å². The zero-order chi connectivity index (χ0) is 17.0. The van der Waals surface area contributed by atoms with Crippen molar-refractivity contribution in [2.24, 2.45) is 4.99 Å². The molecule has 2 aromatic rings. The number of phenolic OH excluding ortho intramolecular Hbond substituents is 1. The van der Waals surface area contributed by atoms with Crippen LogP contribution in [-0.4, -0.2) is 37.7 Å². The summed E-state index contributed by atoms with van der Waals surface area (Å²) < 4.78 is 0. The van der Waals surface area contributed by atoms with Crippen LogP contribution in [0.2, 0.25) is 0 Å². The summed E-state index contributed by atoms with van der Waals surface area (Å²) in [5.74, 6) is 0.0912. The lowest BCUT2D eigenvalue weighted by molar-refractivity contribution is 0.154. The first kappa shape index (κ1) is 16.9. The lowest BCUT2D eigenvalue weighted by Crippen LogP contribution is -2.13. The largest absolute Gasteiger partial charge is 0.508 e. The lowest BCUT2D eigenvalue weighted by atomic mass is 10.0. The molecule has 0 spiro atoms. The van der Waals surface area contributed by atoms with Crippen LogP contribution in [-0.2, 0) is 6.61 Å². The molecule has 0 aliphatic heterocycles. The quantitative estimate of drug-likeness (QED) is 0.630. The van der Waals surface area contributed by atoms with Crippen LogP contribution in [0.4, 0.5) is 0 Å². The Morgan fingerprint density at radius 3 is 2.48 bits per heavy atom. The van der Waals surface area contributed by atoms with Crippen LogP contribution in [0.1, 0.15) is 35.4 Å². The van der Waals surface area contributed by atoms with Gasteiger partial charge in [-0.15, -0.1) is 0 Å². The molecule has 6 heteroatoms. The maximum absolute atomic E-state index is 10.3. The zero-order valence-corrected chi connectivity index (χ0v) is 13.0. The van der Waals surface area contributed by atoms with Gasteiger partial charge in [-0.1, -0.05) is 12.1 Å².